The predicted octanol–water partition coefficient (Wildman–Crippen LogP) is -3.59. The number of carbonyl (C=O) groups excluding carboxylic acids is 9. The molecule has 3 aromatic rings. The highest BCUT2D eigenvalue weighted by molar-refractivity contribution is 5.98. The first-order valence-corrected chi connectivity index (χ1v) is 22.5. The number of carboxylic acids is 2. The number of hydrogen-bond acceptors (Lipinski definition) is 15. The van der Waals surface area contributed by atoms with Gasteiger partial charge in [-0.25, -0.2) is 4.79 Å². The third kappa shape index (κ3) is 21.4. The average Bonchev–Trinajstić information content (AvgIpc) is 3.32. The van der Waals surface area contributed by atoms with Crippen molar-refractivity contribution in [3.8, 4) is 17.2 Å². The molecule has 0 aliphatic rings. The standard InChI is InChI=1S/C47H60N10O16/c1-24(2)15-31(43(68)56-35(20-41(65)66)46(71)57-36(47(72)73)18-27-7-13-30(60)14-8-27)54-45(70)33(17-26-5-11-29(59)12-6-26)55-44(69)32(16-25-3-9-28(58)10-4-25)52-40(64)23-51-42(67)34(19-37(49)61)53-39(63)22-50-38(62)21-48/h3-14,24,31-36,58-60H,15-23,48H2,1-2H3,(H2,49,61)(H,50,62)(H,51,67)(H,52,64)(H,53,63)(H,54,70)(H,55,69)(H,56,68)(H,57,71)(H,65,66)(H,72,73)/t31-,32-,33-,34-,35-,36-/m0/s1. The van der Waals surface area contributed by atoms with Crippen molar-refractivity contribution in [2.75, 3.05) is 19.6 Å². The molecule has 0 heterocycles. The molecule has 3 rings (SSSR count). The molecule has 0 unspecified atom stereocenters. The van der Waals surface area contributed by atoms with Gasteiger partial charge in [0, 0.05) is 19.3 Å². The van der Waals surface area contributed by atoms with Crippen LogP contribution in [0.25, 0.3) is 0 Å². The average molecular weight is 1020 g/mol. The van der Waals surface area contributed by atoms with E-state index in [1.54, 1.807) is 13.8 Å². The number of benzene rings is 3. The van der Waals surface area contributed by atoms with Crippen LogP contribution in [0.3, 0.4) is 0 Å². The lowest BCUT2D eigenvalue weighted by Crippen LogP contribution is -2.60. The maximum absolute atomic E-state index is 14.3. The molecular weight excluding hydrogens is 961 g/mol. The number of carbonyl (C=O) groups is 11. The Morgan fingerprint density at radius 2 is 0.808 bits per heavy atom. The maximum Gasteiger partial charge on any atom is 0.326 e. The molecule has 0 saturated heterocycles. The topological polar surface area (TPSA) is 437 Å². The van der Waals surface area contributed by atoms with Gasteiger partial charge >= 0.3 is 11.9 Å². The van der Waals surface area contributed by atoms with Gasteiger partial charge in [0.2, 0.25) is 53.2 Å². The summed E-state index contributed by atoms with van der Waals surface area (Å²) >= 11 is 0. The van der Waals surface area contributed by atoms with Crippen molar-refractivity contribution in [2.45, 2.75) is 88.6 Å². The van der Waals surface area contributed by atoms with Gasteiger partial charge in [-0.1, -0.05) is 50.2 Å². The molecule has 26 heteroatoms. The van der Waals surface area contributed by atoms with Gasteiger partial charge in [0.15, 0.2) is 0 Å². The molecule has 73 heavy (non-hydrogen) atoms. The molecule has 0 fully saturated rings. The Labute approximate surface area is 417 Å². The second-order valence-electron chi connectivity index (χ2n) is 17.0. The number of carboxylic acid groups (broad SMARTS) is 2. The van der Waals surface area contributed by atoms with Crippen LogP contribution in [-0.4, -0.2) is 147 Å². The van der Waals surface area contributed by atoms with Gasteiger partial charge in [0.25, 0.3) is 0 Å². The molecule has 0 spiro atoms. The van der Waals surface area contributed by atoms with Crippen LogP contribution >= 0.6 is 0 Å². The summed E-state index contributed by atoms with van der Waals surface area (Å²) in [6, 6.07) is 6.67. The third-order valence-corrected chi connectivity index (χ3v) is 10.5. The molecule has 0 bridgehead atoms. The molecule has 3 aromatic carbocycles. The molecule has 6 atom stereocenters. The zero-order chi connectivity index (χ0) is 54.4. The smallest absolute Gasteiger partial charge is 0.326 e. The van der Waals surface area contributed by atoms with Gasteiger partial charge in [-0.05, 0) is 65.4 Å². The van der Waals surface area contributed by atoms with Crippen LogP contribution in [0.4, 0.5) is 0 Å². The highest BCUT2D eigenvalue weighted by Gasteiger charge is 2.34. The Hall–Kier alpha value is -8.81. The van der Waals surface area contributed by atoms with Crippen LogP contribution in [0.5, 0.6) is 17.2 Å². The van der Waals surface area contributed by atoms with E-state index in [-0.39, 0.29) is 48.8 Å². The second-order valence-corrected chi connectivity index (χ2v) is 17.0. The fraction of sp³-hybridized carbons (Fsp3) is 0.383. The van der Waals surface area contributed by atoms with Crippen molar-refractivity contribution in [1.29, 1.82) is 0 Å². The lowest BCUT2D eigenvalue weighted by molar-refractivity contribution is -0.143. The van der Waals surface area contributed by atoms with Crippen molar-refractivity contribution in [2.24, 2.45) is 17.4 Å². The highest BCUT2D eigenvalue weighted by Crippen LogP contribution is 2.16. The van der Waals surface area contributed by atoms with Gasteiger partial charge in [-0.3, -0.25) is 47.9 Å². The number of aliphatic carboxylic acids is 2. The van der Waals surface area contributed by atoms with Crippen LogP contribution in [0.2, 0.25) is 0 Å². The minimum Gasteiger partial charge on any atom is -0.508 e. The zero-order valence-corrected chi connectivity index (χ0v) is 39.7. The van der Waals surface area contributed by atoms with Gasteiger partial charge < -0.3 is 79.5 Å². The van der Waals surface area contributed by atoms with Crippen molar-refractivity contribution in [3.05, 3.63) is 89.5 Å². The van der Waals surface area contributed by atoms with E-state index < -0.39 is 134 Å². The van der Waals surface area contributed by atoms with E-state index >= 15 is 0 Å². The number of primary amides is 1. The fourth-order valence-corrected chi connectivity index (χ4v) is 6.84. The largest absolute Gasteiger partial charge is 0.508 e. The normalized spacial score (nSPS) is 13.3. The molecular formula is C47H60N10O16. The first-order chi connectivity index (χ1) is 34.4. The Bertz CT molecular complexity index is 2450. The number of nitrogens with one attached hydrogen (secondary N) is 8. The Balaban J connectivity index is 1.89. The molecule has 0 aromatic heterocycles. The molecule has 394 valence electrons. The molecule has 9 amide bonds. The lowest BCUT2D eigenvalue weighted by Gasteiger charge is -2.27. The Morgan fingerprint density at radius 3 is 1.23 bits per heavy atom. The number of rotatable bonds is 29. The summed E-state index contributed by atoms with van der Waals surface area (Å²) in [5.74, 6) is -12.6. The van der Waals surface area contributed by atoms with Gasteiger partial charge in [0.05, 0.1) is 32.5 Å². The van der Waals surface area contributed by atoms with Crippen LogP contribution in [-0.2, 0) is 72.0 Å². The SMILES string of the molecule is CC(C)C[C@H](NC(=O)[C@H](Cc1ccc(O)cc1)NC(=O)[C@H](Cc1ccc(O)cc1)NC(=O)CNC(=O)[C@H](CC(N)=O)NC(=O)CNC(=O)CN)C(=O)N[C@@H](CC(=O)O)C(=O)N[C@@H](Cc1ccc(O)cc1)C(=O)O. The summed E-state index contributed by atoms with van der Waals surface area (Å²) in [5, 5.41) is 67.6. The van der Waals surface area contributed by atoms with Gasteiger partial charge in [0.1, 0.15) is 53.5 Å². The summed E-state index contributed by atoms with van der Waals surface area (Å²) in [5.41, 5.74) is 11.6. The number of nitrogens with two attached hydrogens (primary N) is 2. The van der Waals surface area contributed by atoms with Crippen molar-refractivity contribution in [1.82, 2.24) is 42.5 Å². The Morgan fingerprint density at radius 1 is 0.452 bits per heavy atom. The van der Waals surface area contributed by atoms with E-state index in [4.69, 9.17) is 11.5 Å². The third-order valence-electron chi connectivity index (χ3n) is 10.5. The predicted molar refractivity (Wildman–Crippen MR) is 255 cm³/mol. The second kappa shape index (κ2) is 28.8. The van der Waals surface area contributed by atoms with E-state index in [0.29, 0.717) is 16.7 Å². The zero-order valence-electron chi connectivity index (χ0n) is 39.7. The molecule has 0 radical (unpaired) electrons. The van der Waals surface area contributed by atoms with Crippen LogP contribution < -0.4 is 54.0 Å². The minimum absolute atomic E-state index is 0.101. The number of phenolic OH excluding ortho intramolecular Hbond substituents is 3. The first kappa shape index (κ1) is 58.5. The summed E-state index contributed by atoms with van der Waals surface area (Å²) in [6.07, 6.45) is -2.70. The number of phenols is 3. The van der Waals surface area contributed by atoms with E-state index in [9.17, 15) is 78.3 Å². The minimum atomic E-state index is -1.86. The van der Waals surface area contributed by atoms with Gasteiger partial charge in [-0.2, -0.15) is 0 Å². The molecule has 26 nitrogen and oxygen atoms in total. The molecule has 0 aliphatic carbocycles. The van der Waals surface area contributed by atoms with Gasteiger partial charge in [-0.15, -0.1) is 0 Å². The summed E-state index contributed by atoms with van der Waals surface area (Å²) in [6.45, 7) is 1.48. The van der Waals surface area contributed by atoms with Crippen molar-refractivity contribution >= 4 is 65.1 Å². The summed E-state index contributed by atoms with van der Waals surface area (Å²) in [4.78, 5) is 142. The van der Waals surface area contributed by atoms with Crippen LogP contribution in [0.15, 0.2) is 72.8 Å². The van der Waals surface area contributed by atoms with E-state index in [1.807, 2.05) is 0 Å². The quantitative estimate of drug-likeness (QED) is 0.0320. The summed E-state index contributed by atoms with van der Waals surface area (Å²) < 4.78 is 0. The molecule has 17 N–H and O–H groups in total. The van der Waals surface area contributed by atoms with E-state index in [1.165, 1.54) is 72.8 Å². The monoisotopic (exact) mass is 1020 g/mol. The van der Waals surface area contributed by atoms with Crippen molar-refractivity contribution in [3.63, 3.8) is 0 Å². The maximum atomic E-state index is 14.3. The highest BCUT2D eigenvalue weighted by atomic mass is 16.4. The molecule has 0 saturated carbocycles. The first-order valence-electron chi connectivity index (χ1n) is 22.5. The van der Waals surface area contributed by atoms with Crippen LogP contribution in [0.1, 0.15) is 49.8 Å². The lowest BCUT2D eigenvalue weighted by atomic mass is 9.99. The van der Waals surface area contributed by atoms with Crippen LogP contribution in [0, 0.1) is 5.92 Å². The number of amides is 9. The number of hydrogen-bond donors (Lipinski definition) is 15. The number of aromatic hydroxyl groups is 3. The van der Waals surface area contributed by atoms with E-state index in [2.05, 4.69) is 42.5 Å². The fourth-order valence-electron chi connectivity index (χ4n) is 6.84. The Kier molecular flexibility index (Phi) is 23.0. The van der Waals surface area contributed by atoms with Crippen molar-refractivity contribution < 1.29 is 78.3 Å². The summed E-state index contributed by atoms with van der Waals surface area (Å²) in [7, 11) is 0. The van der Waals surface area contributed by atoms with E-state index in [0.717, 1.165) is 0 Å². The molecule has 0 aliphatic heterocycles.